The largest absolute Gasteiger partial charge is 0.332 e. The fourth-order valence-electron chi connectivity index (χ4n) is 4.09. The Bertz CT molecular complexity index is 1260. The summed E-state index contributed by atoms with van der Waals surface area (Å²) in [6.45, 7) is 5.06. The lowest BCUT2D eigenvalue weighted by Gasteiger charge is -2.16. The molecule has 0 atom stereocenters. The van der Waals surface area contributed by atoms with Crippen molar-refractivity contribution in [3.63, 3.8) is 0 Å². The van der Waals surface area contributed by atoms with Gasteiger partial charge in [-0.2, -0.15) is 0 Å². The molecular formula is C23H27N5O4. The number of aryl methyl sites for hydroxylation is 2. The summed E-state index contributed by atoms with van der Waals surface area (Å²) in [5, 5.41) is 0. The molecule has 0 aliphatic carbocycles. The molecule has 1 aliphatic rings. The van der Waals surface area contributed by atoms with E-state index >= 15 is 0 Å². The molecule has 9 nitrogen and oxygen atoms in total. The van der Waals surface area contributed by atoms with E-state index in [0.717, 1.165) is 35.2 Å². The number of imidazole rings is 1. The Balaban J connectivity index is 1.72. The number of carbonyl (C=O) groups is 2. The van der Waals surface area contributed by atoms with E-state index in [2.05, 4.69) is 11.9 Å². The Kier molecular flexibility index (Phi) is 6.07. The summed E-state index contributed by atoms with van der Waals surface area (Å²) >= 11 is 0. The van der Waals surface area contributed by atoms with Crippen molar-refractivity contribution in [2.24, 2.45) is 0 Å². The van der Waals surface area contributed by atoms with E-state index in [4.69, 9.17) is 0 Å². The van der Waals surface area contributed by atoms with E-state index in [-0.39, 0.29) is 13.1 Å². The molecule has 9 heteroatoms. The molecule has 0 bridgehead atoms. The maximum absolute atomic E-state index is 13.3. The van der Waals surface area contributed by atoms with E-state index < -0.39 is 23.1 Å². The van der Waals surface area contributed by atoms with Gasteiger partial charge in [-0.3, -0.25) is 28.4 Å². The molecule has 0 saturated carbocycles. The first kappa shape index (κ1) is 21.7. The lowest BCUT2D eigenvalue weighted by molar-refractivity contribution is 0.0648. The maximum Gasteiger partial charge on any atom is 0.332 e. The zero-order valence-electron chi connectivity index (χ0n) is 18.4. The van der Waals surface area contributed by atoms with Gasteiger partial charge < -0.3 is 4.57 Å². The standard InChI is InChI=1S/C23H27N5O4/c1-3-5-11-25-15-24-19-18(25)22(31)28(23(32)26(19)12-6-4-2)14-13-27-20(29)16-9-7-8-10-17(16)21(27)30/h7-10,15H,3-6,11-14H2,1-2H3. The van der Waals surface area contributed by atoms with E-state index in [1.54, 1.807) is 35.2 Å². The lowest BCUT2D eigenvalue weighted by atomic mass is 10.1. The number of rotatable bonds is 9. The molecule has 0 saturated heterocycles. The third-order valence-electron chi connectivity index (χ3n) is 5.90. The second-order valence-electron chi connectivity index (χ2n) is 8.02. The molecule has 168 valence electrons. The zero-order valence-corrected chi connectivity index (χ0v) is 18.4. The third kappa shape index (κ3) is 3.57. The number of hydrogen-bond donors (Lipinski definition) is 0. The van der Waals surface area contributed by atoms with Gasteiger partial charge in [0.25, 0.3) is 17.4 Å². The first-order valence-corrected chi connectivity index (χ1v) is 11.1. The van der Waals surface area contributed by atoms with E-state index in [1.165, 1.54) is 4.57 Å². The second-order valence-corrected chi connectivity index (χ2v) is 8.02. The summed E-state index contributed by atoms with van der Waals surface area (Å²) in [4.78, 5) is 57.3. The molecule has 0 fully saturated rings. The van der Waals surface area contributed by atoms with Gasteiger partial charge in [-0.25, -0.2) is 9.78 Å². The first-order valence-electron chi connectivity index (χ1n) is 11.1. The molecule has 0 N–H and O–H groups in total. The average molecular weight is 438 g/mol. The molecule has 1 aliphatic heterocycles. The SMILES string of the molecule is CCCCn1cnc2c1c(=O)n(CCN1C(=O)c3ccccc3C1=O)c(=O)n2CCCC. The van der Waals surface area contributed by atoms with Gasteiger partial charge in [0.1, 0.15) is 0 Å². The molecule has 0 unspecified atom stereocenters. The highest BCUT2D eigenvalue weighted by Crippen LogP contribution is 2.22. The van der Waals surface area contributed by atoms with Crippen LogP contribution in [0, 0.1) is 0 Å². The quantitative estimate of drug-likeness (QED) is 0.478. The number of unbranched alkanes of at least 4 members (excludes halogenated alkanes) is 2. The molecule has 2 aromatic heterocycles. The summed E-state index contributed by atoms with van der Waals surface area (Å²) < 4.78 is 4.46. The normalized spacial score (nSPS) is 13.4. The van der Waals surface area contributed by atoms with Crippen LogP contribution >= 0.6 is 0 Å². The van der Waals surface area contributed by atoms with Gasteiger partial charge in [0.15, 0.2) is 11.2 Å². The summed E-state index contributed by atoms with van der Waals surface area (Å²) in [6, 6.07) is 6.63. The number of imide groups is 1. The van der Waals surface area contributed by atoms with Crippen molar-refractivity contribution in [3.8, 4) is 0 Å². The monoisotopic (exact) mass is 437 g/mol. The van der Waals surface area contributed by atoms with Crippen LogP contribution in [0.15, 0.2) is 40.2 Å². The van der Waals surface area contributed by atoms with E-state index in [0.29, 0.717) is 35.4 Å². The number of benzene rings is 1. The number of aromatic nitrogens is 4. The predicted octanol–water partition coefficient (Wildman–Crippen LogP) is 2.26. The van der Waals surface area contributed by atoms with Crippen LogP contribution in [0.5, 0.6) is 0 Å². The Morgan fingerprint density at radius 1 is 0.781 bits per heavy atom. The minimum Gasteiger partial charge on any atom is -0.325 e. The smallest absolute Gasteiger partial charge is 0.325 e. The molecule has 3 aromatic rings. The summed E-state index contributed by atoms with van der Waals surface area (Å²) in [7, 11) is 0. The molecule has 4 rings (SSSR count). The number of nitrogens with zero attached hydrogens (tertiary/aromatic N) is 5. The Morgan fingerprint density at radius 3 is 2.03 bits per heavy atom. The molecule has 0 radical (unpaired) electrons. The van der Waals surface area contributed by atoms with Crippen LogP contribution in [0.4, 0.5) is 0 Å². The van der Waals surface area contributed by atoms with Gasteiger partial charge in [-0.1, -0.05) is 38.8 Å². The predicted molar refractivity (Wildman–Crippen MR) is 120 cm³/mol. The van der Waals surface area contributed by atoms with Crippen molar-refractivity contribution in [1.82, 2.24) is 23.6 Å². The topological polar surface area (TPSA) is 99.2 Å². The van der Waals surface area contributed by atoms with Crippen LogP contribution in [0.3, 0.4) is 0 Å². The van der Waals surface area contributed by atoms with Crippen molar-refractivity contribution < 1.29 is 9.59 Å². The van der Waals surface area contributed by atoms with Gasteiger partial charge >= 0.3 is 5.69 Å². The molecular weight excluding hydrogens is 410 g/mol. The summed E-state index contributed by atoms with van der Waals surface area (Å²) in [5.41, 5.74) is 0.561. The highest BCUT2D eigenvalue weighted by molar-refractivity contribution is 6.21. The minimum atomic E-state index is -0.465. The van der Waals surface area contributed by atoms with E-state index in [9.17, 15) is 19.2 Å². The molecule has 1 aromatic carbocycles. The van der Waals surface area contributed by atoms with Crippen molar-refractivity contribution in [2.45, 2.75) is 59.2 Å². The summed E-state index contributed by atoms with van der Waals surface area (Å²) in [6.07, 6.45) is 5.11. The van der Waals surface area contributed by atoms with Crippen molar-refractivity contribution in [2.75, 3.05) is 6.54 Å². The fraction of sp³-hybridized carbons (Fsp3) is 0.435. The zero-order chi connectivity index (χ0) is 22.8. The van der Waals surface area contributed by atoms with Gasteiger partial charge in [0.05, 0.1) is 17.5 Å². The minimum absolute atomic E-state index is 0.0517. The van der Waals surface area contributed by atoms with Gasteiger partial charge in [0, 0.05) is 26.2 Å². The second kappa shape index (κ2) is 8.94. The van der Waals surface area contributed by atoms with Gasteiger partial charge in [-0.15, -0.1) is 0 Å². The Morgan fingerprint density at radius 2 is 1.41 bits per heavy atom. The van der Waals surface area contributed by atoms with Crippen LogP contribution in [0.2, 0.25) is 0 Å². The van der Waals surface area contributed by atoms with Crippen molar-refractivity contribution >= 4 is 23.0 Å². The van der Waals surface area contributed by atoms with Crippen LogP contribution in [0.1, 0.15) is 60.2 Å². The lowest BCUT2D eigenvalue weighted by Crippen LogP contribution is -2.44. The Hall–Kier alpha value is -3.49. The average Bonchev–Trinajstić information content (AvgIpc) is 3.32. The van der Waals surface area contributed by atoms with Gasteiger partial charge in [0.2, 0.25) is 0 Å². The molecule has 32 heavy (non-hydrogen) atoms. The van der Waals surface area contributed by atoms with Crippen LogP contribution in [0.25, 0.3) is 11.2 Å². The number of fused-ring (bicyclic) bond motifs is 2. The van der Waals surface area contributed by atoms with Crippen LogP contribution in [-0.2, 0) is 19.6 Å². The van der Waals surface area contributed by atoms with Crippen LogP contribution < -0.4 is 11.2 Å². The van der Waals surface area contributed by atoms with Gasteiger partial charge in [-0.05, 0) is 25.0 Å². The number of hydrogen-bond acceptors (Lipinski definition) is 5. The van der Waals surface area contributed by atoms with Crippen LogP contribution in [-0.4, -0.2) is 41.9 Å². The third-order valence-corrected chi connectivity index (χ3v) is 5.90. The highest BCUT2D eigenvalue weighted by Gasteiger charge is 2.35. The number of amides is 2. The highest BCUT2D eigenvalue weighted by atomic mass is 16.2. The van der Waals surface area contributed by atoms with E-state index in [1.807, 2.05) is 6.92 Å². The molecule has 2 amide bonds. The van der Waals surface area contributed by atoms with Crippen molar-refractivity contribution in [1.29, 1.82) is 0 Å². The number of carbonyl (C=O) groups excluding carboxylic acids is 2. The summed E-state index contributed by atoms with van der Waals surface area (Å²) in [5.74, 6) is -0.807. The molecule has 0 spiro atoms. The fourth-order valence-corrected chi connectivity index (χ4v) is 4.09. The first-order chi connectivity index (χ1) is 15.5. The van der Waals surface area contributed by atoms with Crippen molar-refractivity contribution in [3.05, 3.63) is 62.6 Å². The Labute approximate surface area is 184 Å². The maximum atomic E-state index is 13.3. The molecule has 3 heterocycles.